The fourth-order valence-electron chi connectivity index (χ4n) is 1.72. The Morgan fingerprint density at radius 1 is 0.750 bits per heavy atom. The molecule has 6 nitrogen and oxygen atoms in total. The number of nitrogens with one attached hydrogen (secondary N) is 4. The maximum absolute atomic E-state index is 9.83. The van der Waals surface area contributed by atoms with Gasteiger partial charge in [0, 0.05) is 25.8 Å². The van der Waals surface area contributed by atoms with Crippen molar-refractivity contribution >= 4 is 6.47 Å². The zero-order valence-electron chi connectivity index (χ0n) is 14.7. The predicted molar refractivity (Wildman–Crippen MR) is 99.6 cm³/mol. The second kappa shape index (κ2) is 20.6. The molecule has 0 aromatic carbocycles. The van der Waals surface area contributed by atoms with Gasteiger partial charge in [-0.3, -0.25) is 4.79 Å². The molecule has 0 spiro atoms. The normalized spacial score (nSPS) is 11.5. The SMILES string of the molecule is CCCCCCC=CNCC=CNCC=CNCC=CNOC=O. The van der Waals surface area contributed by atoms with E-state index in [0.29, 0.717) is 13.0 Å². The van der Waals surface area contributed by atoms with Crippen LogP contribution in [0.15, 0.2) is 49.1 Å². The first-order valence-corrected chi connectivity index (χ1v) is 8.56. The number of hydroxylamine groups is 1. The summed E-state index contributed by atoms with van der Waals surface area (Å²) < 4.78 is 0. The summed E-state index contributed by atoms with van der Waals surface area (Å²) in [6, 6.07) is 0. The minimum Gasteiger partial charge on any atom is -0.388 e. The third kappa shape index (κ3) is 19.6. The molecule has 0 aromatic heterocycles. The molecule has 136 valence electrons. The molecule has 0 aliphatic carbocycles. The van der Waals surface area contributed by atoms with Crippen molar-refractivity contribution in [2.75, 3.05) is 19.6 Å². The van der Waals surface area contributed by atoms with Crippen molar-refractivity contribution in [1.29, 1.82) is 0 Å². The molecule has 6 heteroatoms. The van der Waals surface area contributed by atoms with Crippen LogP contribution >= 0.6 is 0 Å². The van der Waals surface area contributed by atoms with Gasteiger partial charge in [-0.05, 0) is 49.7 Å². The molecule has 4 N–H and O–H groups in total. The standard InChI is InChI=1S/C18H32N4O2/c1-2-3-4-5-6-7-11-19-12-8-13-20-14-9-15-21-16-10-17-22-24-18-23/h7-11,13,15,17-22H,2-6,12,14,16H2,1H3. The molecule has 0 aromatic rings. The topological polar surface area (TPSA) is 74.4 Å². The Labute approximate surface area is 146 Å². The first-order valence-electron chi connectivity index (χ1n) is 8.56. The molecule has 0 saturated heterocycles. The molecule has 0 unspecified atom stereocenters. The molecule has 0 bridgehead atoms. The summed E-state index contributed by atoms with van der Waals surface area (Å²) in [4.78, 5) is 14.1. The Hall–Kier alpha value is -2.37. The van der Waals surface area contributed by atoms with Crippen LogP contribution in [0.4, 0.5) is 0 Å². The lowest BCUT2D eigenvalue weighted by Crippen LogP contribution is -2.10. The van der Waals surface area contributed by atoms with Gasteiger partial charge >= 0.3 is 6.47 Å². The quantitative estimate of drug-likeness (QED) is 0.186. The molecule has 0 fully saturated rings. The first-order chi connectivity index (χ1) is 11.9. The smallest absolute Gasteiger partial charge is 0.320 e. The summed E-state index contributed by atoms with van der Waals surface area (Å²) in [5.74, 6) is 0. The Morgan fingerprint density at radius 2 is 1.33 bits per heavy atom. The fraction of sp³-hybridized carbons (Fsp3) is 0.500. The van der Waals surface area contributed by atoms with Crippen molar-refractivity contribution in [1.82, 2.24) is 21.4 Å². The largest absolute Gasteiger partial charge is 0.388 e. The number of hydrogen-bond acceptors (Lipinski definition) is 6. The summed E-state index contributed by atoms with van der Waals surface area (Å²) in [7, 11) is 0. The Morgan fingerprint density at radius 3 is 1.92 bits per heavy atom. The molecule has 0 rings (SSSR count). The van der Waals surface area contributed by atoms with E-state index in [-0.39, 0.29) is 0 Å². The van der Waals surface area contributed by atoms with Gasteiger partial charge < -0.3 is 20.8 Å². The average molecular weight is 336 g/mol. The van der Waals surface area contributed by atoms with E-state index in [2.05, 4.69) is 39.3 Å². The zero-order chi connectivity index (χ0) is 17.6. The molecular formula is C18H32N4O2. The molecule has 0 saturated carbocycles. The summed E-state index contributed by atoms with van der Waals surface area (Å²) in [5.41, 5.74) is 2.34. The van der Waals surface area contributed by atoms with Gasteiger partial charge in [-0.15, -0.1) is 0 Å². The molecule has 0 radical (unpaired) electrons. The number of allylic oxidation sites excluding steroid dienone is 1. The molecule has 0 aliphatic rings. The van der Waals surface area contributed by atoms with Crippen molar-refractivity contribution in [3.05, 3.63) is 49.1 Å². The molecule has 0 amide bonds. The van der Waals surface area contributed by atoms with Crippen molar-refractivity contribution in [3.8, 4) is 0 Å². The van der Waals surface area contributed by atoms with Crippen LogP contribution in [0.25, 0.3) is 0 Å². The molecule has 0 aliphatic heterocycles. The summed E-state index contributed by atoms with van der Waals surface area (Å²) >= 11 is 0. The van der Waals surface area contributed by atoms with E-state index in [1.165, 1.54) is 25.7 Å². The van der Waals surface area contributed by atoms with E-state index in [1.807, 2.05) is 30.8 Å². The highest BCUT2D eigenvalue weighted by molar-refractivity contribution is 5.36. The average Bonchev–Trinajstić information content (AvgIpc) is 2.60. The number of unbranched alkanes of at least 4 members (excludes halogenated alkanes) is 4. The van der Waals surface area contributed by atoms with Gasteiger partial charge in [0.1, 0.15) is 0 Å². The third-order valence-electron chi connectivity index (χ3n) is 2.94. The Balaban J connectivity index is 3.31. The minimum absolute atomic E-state index is 0.331. The lowest BCUT2D eigenvalue weighted by Gasteiger charge is -1.98. The predicted octanol–water partition coefficient (Wildman–Crippen LogP) is 2.46. The van der Waals surface area contributed by atoms with Crippen LogP contribution in [0.3, 0.4) is 0 Å². The van der Waals surface area contributed by atoms with Gasteiger partial charge in [0.15, 0.2) is 0 Å². The van der Waals surface area contributed by atoms with Gasteiger partial charge in [-0.2, -0.15) is 0 Å². The lowest BCUT2D eigenvalue weighted by atomic mass is 10.1. The van der Waals surface area contributed by atoms with Crippen molar-refractivity contribution in [3.63, 3.8) is 0 Å². The first kappa shape index (κ1) is 21.6. The zero-order valence-corrected chi connectivity index (χ0v) is 14.7. The third-order valence-corrected chi connectivity index (χ3v) is 2.94. The molecule has 0 heterocycles. The van der Waals surface area contributed by atoms with Crippen LogP contribution in [0.1, 0.15) is 39.0 Å². The maximum Gasteiger partial charge on any atom is 0.320 e. The van der Waals surface area contributed by atoms with Crippen molar-refractivity contribution in [2.24, 2.45) is 0 Å². The highest BCUT2D eigenvalue weighted by atomic mass is 16.7. The molecule has 24 heavy (non-hydrogen) atoms. The van der Waals surface area contributed by atoms with Gasteiger partial charge in [-0.25, -0.2) is 5.48 Å². The van der Waals surface area contributed by atoms with Crippen LogP contribution in [-0.2, 0) is 9.63 Å². The van der Waals surface area contributed by atoms with Crippen LogP contribution < -0.4 is 21.4 Å². The van der Waals surface area contributed by atoms with E-state index in [1.54, 1.807) is 12.3 Å². The highest BCUT2D eigenvalue weighted by Crippen LogP contribution is 2.02. The number of carbonyl (C=O) groups is 1. The molecular weight excluding hydrogens is 304 g/mol. The minimum atomic E-state index is 0.331. The fourth-order valence-corrected chi connectivity index (χ4v) is 1.72. The number of rotatable bonds is 17. The van der Waals surface area contributed by atoms with Crippen molar-refractivity contribution < 1.29 is 9.63 Å². The number of hydrogen-bond donors (Lipinski definition) is 4. The Kier molecular flexibility index (Phi) is 18.6. The van der Waals surface area contributed by atoms with Gasteiger partial charge in [0.05, 0.1) is 0 Å². The van der Waals surface area contributed by atoms with Crippen LogP contribution in [0, 0.1) is 0 Å². The van der Waals surface area contributed by atoms with Crippen LogP contribution in [0.5, 0.6) is 0 Å². The second-order valence-electron chi connectivity index (χ2n) is 5.02. The Bertz CT molecular complexity index is 379. The van der Waals surface area contributed by atoms with Gasteiger partial charge in [0.25, 0.3) is 0 Å². The van der Waals surface area contributed by atoms with Crippen molar-refractivity contribution in [2.45, 2.75) is 39.0 Å². The second-order valence-corrected chi connectivity index (χ2v) is 5.02. The summed E-state index contributed by atoms with van der Waals surface area (Å²) in [6.45, 7) is 4.79. The summed E-state index contributed by atoms with van der Waals surface area (Å²) in [5, 5.41) is 9.47. The van der Waals surface area contributed by atoms with Crippen LogP contribution in [0.2, 0.25) is 0 Å². The summed E-state index contributed by atoms with van der Waals surface area (Å²) in [6.07, 6.45) is 21.8. The van der Waals surface area contributed by atoms with Gasteiger partial charge in [-0.1, -0.05) is 32.3 Å². The van der Waals surface area contributed by atoms with E-state index < -0.39 is 0 Å². The van der Waals surface area contributed by atoms with E-state index in [9.17, 15) is 4.79 Å². The molecule has 0 atom stereocenters. The van der Waals surface area contributed by atoms with Crippen LogP contribution in [-0.4, -0.2) is 26.1 Å². The van der Waals surface area contributed by atoms with Gasteiger partial charge in [0.2, 0.25) is 0 Å². The van der Waals surface area contributed by atoms with E-state index in [0.717, 1.165) is 19.5 Å². The highest BCUT2D eigenvalue weighted by Gasteiger charge is 1.83. The van der Waals surface area contributed by atoms with E-state index in [4.69, 9.17) is 0 Å². The monoisotopic (exact) mass is 336 g/mol. The lowest BCUT2D eigenvalue weighted by molar-refractivity contribution is -0.133. The maximum atomic E-state index is 9.83. The van der Waals surface area contributed by atoms with E-state index >= 15 is 0 Å². The number of carbonyl (C=O) groups excluding carboxylic acids is 1.